The van der Waals surface area contributed by atoms with E-state index < -0.39 is 21.9 Å². The largest absolute Gasteiger partial charge is 0.471 e. The van der Waals surface area contributed by atoms with Crippen LogP contribution in [0.3, 0.4) is 0 Å². The van der Waals surface area contributed by atoms with Crippen LogP contribution in [0.5, 0.6) is 5.88 Å². The van der Waals surface area contributed by atoms with Gasteiger partial charge in [0.25, 0.3) is 15.9 Å². The van der Waals surface area contributed by atoms with Gasteiger partial charge in [-0.15, -0.1) is 0 Å². The summed E-state index contributed by atoms with van der Waals surface area (Å²) in [5, 5.41) is 0.00772. The van der Waals surface area contributed by atoms with Gasteiger partial charge in [0, 0.05) is 18.8 Å². The van der Waals surface area contributed by atoms with Gasteiger partial charge in [-0.05, 0) is 26.7 Å². The highest BCUT2D eigenvalue weighted by molar-refractivity contribution is 7.89. The van der Waals surface area contributed by atoms with E-state index in [1.807, 2.05) is 13.8 Å². The number of imidazole rings is 1. The summed E-state index contributed by atoms with van der Waals surface area (Å²) in [6.07, 6.45) is 4.68. The number of sulfonamides is 1. The van der Waals surface area contributed by atoms with Gasteiger partial charge in [-0.3, -0.25) is 0 Å². The zero-order valence-corrected chi connectivity index (χ0v) is 15.8. The molecule has 0 spiro atoms. The van der Waals surface area contributed by atoms with Gasteiger partial charge in [-0.25, -0.2) is 18.4 Å². The standard InChI is InChI=1S/C16H22FN5O3S/c1-4-13-15(17)16(19-9-18-13)25-12-5-6-22(7-12)26(23,24)14-8-21(10-20-14)11(2)3/h8-12H,4-7H2,1-3H3/t12-/m1/s1. The Morgan fingerprint density at radius 1 is 1.35 bits per heavy atom. The number of hydrogen-bond acceptors (Lipinski definition) is 6. The lowest BCUT2D eigenvalue weighted by molar-refractivity contribution is 0.195. The Morgan fingerprint density at radius 3 is 2.77 bits per heavy atom. The fraction of sp³-hybridized carbons (Fsp3) is 0.562. The number of rotatable bonds is 6. The molecular weight excluding hydrogens is 361 g/mol. The second-order valence-electron chi connectivity index (χ2n) is 6.44. The van der Waals surface area contributed by atoms with Crippen molar-refractivity contribution in [1.82, 2.24) is 23.8 Å². The average Bonchev–Trinajstić information content (AvgIpc) is 3.26. The van der Waals surface area contributed by atoms with Gasteiger partial charge >= 0.3 is 0 Å². The maximum absolute atomic E-state index is 14.2. The summed E-state index contributed by atoms with van der Waals surface area (Å²) in [4.78, 5) is 11.7. The van der Waals surface area contributed by atoms with Crippen LogP contribution >= 0.6 is 0 Å². The molecule has 8 nitrogen and oxygen atoms in total. The van der Waals surface area contributed by atoms with Crippen LogP contribution in [0.25, 0.3) is 0 Å². The molecule has 1 aliphatic rings. The highest BCUT2D eigenvalue weighted by Gasteiger charge is 2.35. The molecule has 0 radical (unpaired) electrons. The Hall–Kier alpha value is -2.07. The predicted octanol–water partition coefficient (Wildman–Crippen LogP) is 1.80. The molecule has 1 fully saturated rings. The second kappa shape index (κ2) is 7.28. The predicted molar refractivity (Wildman–Crippen MR) is 91.8 cm³/mol. The fourth-order valence-corrected chi connectivity index (χ4v) is 4.16. The molecule has 26 heavy (non-hydrogen) atoms. The van der Waals surface area contributed by atoms with Crippen LogP contribution in [0.2, 0.25) is 0 Å². The van der Waals surface area contributed by atoms with E-state index in [1.54, 1.807) is 11.5 Å². The van der Waals surface area contributed by atoms with Crippen LogP contribution in [0.15, 0.2) is 23.9 Å². The number of aromatic nitrogens is 4. The molecule has 10 heteroatoms. The third-order valence-electron chi connectivity index (χ3n) is 4.33. The van der Waals surface area contributed by atoms with Gasteiger partial charge in [0.05, 0.1) is 18.6 Å². The second-order valence-corrected chi connectivity index (χ2v) is 8.32. The summed E-state index contributed by atoms with van der Waals surface area (Å²) < 4.78 is 48.3. The van der Waals surface area contributed by atoms with Crippen LogP contribution in [0.4, 0.5) is 4.39 Å². The summed E-state index contributed by atoms with van der Waals surface area (Å²) >= 11 is 0. The van der Waals surface area contributed by atoms with Crippen molar-refractivity contribution in [3.05, 3.63) is 30.4 Å². The minimum absolute atomic E-state index is 0.00772. The molecule has 1 aliphatic heterocycles. The zero-order chi connectivity index (χ0) is 18.9. The van der Waals surface area contributed by atoms with E-state index in [-0.39, 0.29) is 35.7 Å². The monoisotopic (exact) mass is 383 g/mol. The number of halogens is 1. The average molecular weight is 383 g/mol. The Kier molecular flexibility index (Phi) is 5.24. The van der Waals surface area contributed by atoms with Crippen molar-refractivity contribution < 1.29 is 17.5 Å². The van der Waals surface area contributed by atoms with Crippen molar-refractivity contribution >= 4 is 10.0 Å². The molecule has 0 unspecified atom stereocenters. The molecule has 2 aromatic rings. The summed E-state index contributed by atoms with van der Waals surface area (Å²) in [7, 11) is -3.70. The van der Waals surface area contributed by atoms with Gasteiger partial charge in [0.1, 0.15) is 12.4 Å². The van der Waals surface area contributed by atoms with Crippen molar-refractivity contribution in [2.24, 2.45) is 0 Å². The molecule has 3 heterocycles. The summed E-state index contributed by atoms with van der Waals surface area (Å²) in [6, 6.07) is 0.120. The minimum atomic E-state index is -3.70. The lowest BCUT2D eigenvalue weighted by atomic mass is 10.3. The topological polar surface area (TPSA) is 90.2 Å². The lowest BCUT2D eigenvalue weighted by Crippen LogP contribution is -2.31. The van der Waals surface area contributed by atoms with E-state index in [2.05, 4.69) is 15.0 Å². The molecule has 3 rings (SSSR count). The molecular formula is C16H22FN5O3S. The van der Waals surface area contributed by atoms with E-state index in [1.165, 1.54) is 23.2 Å². The van der Waals surface area contributed by atoms with E-state index in [4.69, 9.17) is 4.74 Å². The molecule has 0 amide bonds. The van der Waals surface area contributed by atoms with Crippen LogP contribution in [-0.4, -0.2) is 51.4 Å². The van der Waals surface area contributed by atoms with Crippen LogP contribution < -0.4 is 4.74 Å². The first kappa shape index (κ1) is 18.7. The Bertz CT molecular complexity index is 884. The van der Waals surface area contributed by atoms with Gasteiger partial charge in [0.15, 0.2) is 5.03 Å². The molecule has 0 saturated carbocycles. The van der Waals surface area contributed by atoms with Crippen molar-refractivity contribution in [3.8, 4) is 5.88 Å². The number of nitrogens with zero attached hydrogens (tertiary/aromatic N) is 5. The third kappa shape index (κ3) is 3.56. The first-order chi connectivity index (χ1) is 12.3. The SMILES string of the molecule is CCc1ncnc(O[C@@H]2CCN(S(=O)(=O)c3cn(C(C)C)cn3)C2)c1F. The third-order valence-corrected chi connectivity index (χ3v) is 6.08. The van der Waals surface area contributed by atoms with E-state index in [0.717, 1.165) is 0 Å². The van der Waals surface area contributed by atoms with Crippen molar-refractivity contribution in [1.29, 1.82) is 0 Å². The first-order valence-electron chi connectivity index (χ1n) is 8.52. The molecule has 0 N–H and O–H groups in total. The van der Waals surface area contributed by atoms with Crippen LogP contribution in [0.1, 0.15) is 38.9 Å². The molecule has 0 aromatic carbocycles. The maximum atomic E-state index is 14.2. The van der Waals surface area contributed by atoms with Gasteiger partial charge in [-0.1, -0.05) is 6.92 Å². The van der Waals surface area contributed by atoms with Crippen molar-refractivity contribution in [3.63, 3.8) is 0 Å². The maximum Gasteiger partial charge on any atom is 0.262 e. The number of aryl methyl sites for hydroxylation is 1. The van der Waals surface area contributed by atoms with Gasteiger partial charge in [-0.2, -0.15) is 13.7 Å². The fourth-order valence-electron chi connectivity index (χ4n) is 2.75. The van der Waals surface area contributed by atoms with Gasteiger partial charge in [0.2, 0.25) is 5.82 Å². The van der Waals surface area contributed by atoms with Crippen molar-refractivity contribution in [2.75, 3.05) is 13.1 Å². The highest BCUT2D eigenvalue weighted by Crippen LogP contribution is 2.25. The minimum Gasteiger partial charge on any atom is -0.471 e. The summed E-state index contributed by atoms with van der Waals surface area (Å²) in [5.41, 5.74) is 0.275. The molecule has 142 valence electrons. The quantitative estimate of drug-likeness (QED) is 0.756. The zero-order valence-electron chi connectivity index (χ0n) is 15.0. The number of ether oxygens (including phenoxy) is 1. The normalized spacial score (nSPS) is 18.6. The Morgan fingerprint density at radius 2 is 2.12 bits per heavy atom. The first-order valence-corrected chi connectivity index (χ1v) is 9.96. The summed E-state index contributed by atoms with van der Waals surface area (Å²) in [6.45, 7) is 6.09. The Balaban J connectivity index is 1.72. The molecule has 1 saturated heterocycles. The highest BCUT2D eigenvalue weighted by atomic mass is 32.2. The summed E-state index contributed by atoms with van der Waals surface area (Å²) in [5.74, 6) is -0.725. The van der Waals surface area contributed by atoms with Crippen LogP contribution in [0, 0.1) is 5.82 Å². The van der Waals surface area contributed by atoms with Crippen molar-refractivity contribution in [2.45, 2.75) is 50.8 Å². The smallest absolute Gasteiger partial charge is 0.262 e. The lowest BCUT2D eigenvalue weighted by Gasteiger charge is -2.16. The molecule has 2 aromatic heterocycles. The van der Waals surface area contributed by atoms with Crippen LogP contribution in [-0.2, 0) is 16.4 Å². The van der Waals surface area contributed by atoms with Gasteiger partial charge < -0.3 is 9.30 Å². The number of hydrogen-bond donors (Lipinski definition) is 0. The van der Waals surface area contributed by atoms with E-state index in [9.17, 15) is 12.8 Å². The Labute approximate surface area is 152 Å². The molecule has 0 aliphatic carbocycles. The molecule has 0 bridgehead atoms. The van der Waals surface area contributed by atoms with E-state index in [0.29, 0.717) is 12.8 Å². The van der Waals surface area contributed by atoms with E-state index >= 15 is 0 Å². The molecule has 1 atom stereocenters.